The van der Waals surface area contributed by atoms with Gasteiger partial charge in [-0.1, -0.05) is 43.6 Å². The number of pyridine rings is 1. The van der Waals surface area contributed by atoms with Crippen molar-refractivity contribution in [3.63, 3.8) is 0 Å². The minimum Gasteiger partial charge on any atom is -0.384 e. The van der Waals surface area contributed by atoms with Crippen LogP contribution in [0.5, 0.6) is 0 Å². The van der Waals surface area contributed by atoms with Gasteiger partial charge in [-0.2, -0.15) is 0 Å². The SMILES string of the molecule is CCCNc1cc(C(C)(C)C)nc2c(F)ccc(Br)c12. The second-order valence-electron chi connectivity index (χ2n) is 5.98. The van der Waals surface area contributed by atoms with Crippen molar-refractivity contribution in [2.45, 2.75) is 39.5 Å². The first-order chi connectivity index (χ1) is 9.34. The summed E-state index contributed by atoms with van der Waals surface area (Å²) in [6.45, 7) is 9.21. The van der Waals surface area contributed by atoms with E-state index in [1.54, 1.807) is 6.07 Å². The highest BCUT2D eigenvalue weighted by Crippen LogP contribution is 2.34. The first-order valence-corrected chi connectivity index (χ1v) is 7.67. The number of fused-ring (bicyclic) bond motifs is 1. The van der Waals surface area contributed by atoms with Crippen LogP contribution in [0.4, 0.5) is 10.1 Å². The quantitative estimate of drug-likeness (QED) is 0.825. The molecule has 2 aromatic rings. The third-order valence-corrected chi connectivity index (χ3v) is 3.86. The molecule has 20 heavy (non-hydrogen) atoms. The van der Waals surface area contributed by atoms with Gasteiger partial charge in [0.15, 0.2) is 0 Å². The van der Waals surface area contributed by atoms with Crippen LogP contribution in [0.15, 0.2) is 22.7 Å². The van der Waals surface area contributed by atoms with Crippen LogP contribution in [0.3, 0.4) is 0 Å². The topological polar surface area (TPSA) is 24.9 Å². The first-order valence-electron chi connectivity index (χ1n) is 6.87. The lowest BCUT2D eigenvalue weighted by Crippen LogP contribution is -2.15. The van der Waals surface area contributed by atoms with Gasteiger partial charge >= 0.3 is 0 Å². The van der Waals surface area contributed by atoms with E-state index in [4.69, 9.17) is 0 Å². The summed E-state index contributed by atoms with van der Waals surface area (Å²) in [7, 11) is 0. The number of benzene rings is 1. The fourth-order valence-electron chi connectivity index (χ4n) is 2.05. The minimum atomic E-state index is -0.283. The molecule has 108 valence electrons. The second kappa shape index (κ2) is 5.68. The van der Waals surface area contributed by atoms with Crippen LogP contribution in [-0.4, -0.2) is 11.5 Å². The molecule has 0 saturated heterocycles. The molecule has 0 fully saturated rings. The van der Waals surface area contributed by atoms with Gasteiger partial charge in [-0.3, -0.25) is 0 Å². The molecule has 0 unspecified atom stereocenters. The fourth-order valence-corrected chi connectivity index (χ4v) is 2.59. The minimum absolute atomic E-state index is 0.119. The normalized spacial score (nSPS) is 11.9. The van der Waals surface area contributed by atoms with Gasteiger partial charge in [0.05, 0.1) is 0 Å². The molecule has 0 radical (unpaired) electrons. The molecule has 0 atom stereocenters. The lowest BCUT2D eigenvalue weighted by molar-refractivity contribution is 0.569. The average Bonchev–Trinajstić information content (AvgIpc) is 2.39. The Bertz CT molecular complexity index is 632. The van der Waals surface area contributed by atoms with Crippen LogP contribution in [-0.2, 0) is 5.41 Å². The molecule has 1 aromatic carbocycles. The maximum absolute atomic E-state index is 14.1. The molecule has 0 aliphatic carbocycles. The molecule has 0 amide bonds. The van der Waals surface area contributed by atoms with Crippen molar-refractivity contribution in [3.05, 3.63) is 34.2 Å². The number of anilines is 1. The Morgan fingerprint density at radius 3 is 2.60 bits per heavy atom. The van der Waals surface area contributed by atoms with Crippen LogP contribution < -0.4 is 5.32 Å². The summed E-state index contributed by atoms with van der Waals surface area (Å²) in [6, 6.07) is 5.21. The van der Waals surface area contributed by atoms with Crippen LogP contribution >= 0.6 is 15.9 Å². The maximum atomic E-state index is 14.1. The van der Waals surface area contributed by atoms with Crippen molar-refractivity contribution >= 4 is 32.5 Å². The molecule has 0 bridgehead atoms. The number of nitrogens with one attached hydrogen (secondary N) is 1. The van der Waals surface area contributed by atoms with Gasteiger partial charge in [-0.25, -0.2) is 9.37 Å². The Morgan fingerprint density at radius 2 is 2.00 bits per heavy atom. The van der Waals surface area contributed by atoms with Gasteiger partial charge in [0, 0.05) is 33.2 Å². The smallest absolute Gasteiger partial charge is 0.149 e. The van der Waals surface area contributed by atoms with Gasteiger partial charge in [0.25, 0.3) is 0 Å². The fraction of sp³-hybridized carbons (Fsp3) is 0.438. The lowest BCUT2D eigenvalue weighted by Gasteiger charge is -2.21. The summed E-state index contributed by atoms with van der Waals surface area (Å²) in [5, 5.41) is 4.19. The van der Waals surface area contributed by atoms with Crippen molar-refractivity contribution in [1.29, 1.82) is 0 Å². The molecule has 1 N–H and O–H groups in total. The standard InChI is InChI=1S/C16H20BrFN2/c1-5-8-19-12-9-13(16(2,3)4)20-15-11(18)7-6-10(17)14(12)15/h6-7,9H,5,8H2,1-4H3,(H,19,20). The number of hydrogen-bond acceptors (Lipinski definition) is 2. The number of halogens is 2. The Labute approximate surface area is 127 Å². The summed E-state index contributed by atoms with van der Waals surface area (Å²) < 4.78 is 15.0. The van der Waals surface area contributed by atoms with Crippen molar-refractivity contribution in [2.24, 2.45) is 0 Å². The largest absolute Gasteiger partial charge is 0.384 e. The molecule has 2 nitrogen and oxygen atoms in total. The summed E-state index contributed by atoms with van der Waals surface area (Å²) in [4.78, 5) is 4.53. The second-order valence-corrected chi connectivity index (χ2v) is 6.84. The third kappa shape index (κ3) is 2.95. The van der Waals surface area contributed by atoms with E-state index in [2.05, 4.69) is 53.9 Å². The summed E-state index contributed by atoms with van der Waals surface area (Å²) in [5.74, 6) is -0.283. The Hall–Kier alpha value is -1.16. The van der Waals surface area contributed by atoms with E-state index in [1.807, 2.05) is 6.07 Å². The van der Waals surface area contributed by atoms with E-state index in [0.717, 1.165) is 34.2 Å². The van der Waals surface area contributed by atoms with Gasteiger partial charge in [-0.05, 0) is 24.6 Å². The molecule has 1 aromatic heterocycles. The molecule has 4 heteroatoms. The third-order valence-electron chi connectivity index (χ3n) is 3.19. The zero-order chi connectivity index (χ0) is 14.9. The van der Waals surface area contributed by atoms with Crippen LogP contribution in [0.25, 0.3) is 10.9 Å². The van der Waals surface area contributed by atoms with Crippen molar-refractivity contribution < 1.29 is 4.39 Å². The molecule has 0 saturated carbocycles. The Balaban J connectivity index is 2.74. The van der Waals surface area contributed by atoms with E-state index < -0.39 is 0 Å². The molecular formula is C16H20BrFN2. The molecular weight excluding hydrogens is 319 g/mol. The number of rotatable bonds is 3. The molecule has 1 heterocycles. The summed E-state index contributed by atoms with van der Waals surface area (Å²) in [6.07, 6.45) is 1.02. The first kappa shape index (κ1) is 15.2. The van der Waals surface area contributed by atoms with Crippen LogP contribution in [0, 0.1) is 5.82 Å². The highest BCUT2D eigenvalue weighted by Gasteiger charge is 2.20. The maximum Gasteiger partial charge on any atom is 0.149 e. The molecule has 0 spiro atoms. The van der Waals surface area contributed by atoms with Gasteiger partial charge in [-0.15, -0.1) is 0 Å². The monoisotopic (exact) mass is 338 g/mol. The van der Waals surface area contributed by atoms with E-state index in [-0.39, 0.29) is 11.2 Å². The number of aromatic nitrogens is 1. The van der Waals surface area contributed by atoms with Gasteiger partial charge in [0.2, 0.25) is 0 Å². The van der Waals surface area contributed by atoms with E-state index in [9.17, 15) is 4.39 Å². The van der Waals surface area contributed by atoms with Crippen LogP contribution in [0.1, 0.15) is 39.8 Å². The van der Waals surface area contributed by atoms with Crippen molar-refractivity contribution in [3.8, 4) is 0 Å². The highest BCUT2D eigenvalue weighted by molar-refractivity contribution is 9.10. The Kier molecular flexibility index (Phi) is 4.33. The van der Waals surface area contributed by atoms with E-state index >= 15 is 0 Å². The van der Waals surface area contributed by atoms with E-state index in [0.29, 0.717) is 5.52 Å². The van der Waals surface area contributed by atoms with Crippen LogP contribution in [0.2, 0.25) is 0 Å². The predicted molar refractivity (Wildman–Crippen MR) is 86.9 cm³/mol. The average molecular weight is 339 g/mol. The lowest BCUT2D eigenvalue weighted by atomic mass is 9.90. The van der Waals surface area contributed by atoms with Crippen molar-refractivity contribution in [1.82, 2.24) is 4.98 Å². The molecule has 0 aliphatic rings. The zero-order valence-electron chi connectivity index (χ0n) is 12.3. The predicted octanol–water partition coefficient (Wildman–Crippen LogP) is 5.26. The zero-order valence-corrected chi connectivity index (χ0v) is 13.9. The van der Waals surface area contributed by atoms with E-state index in [1.165, 1.54) is 6.07 Å². The molecule has 0 aliphatic heterocycles. The van der Waals surface area contributed by atoms with Gasteiger partial charge in [0.1, 0.15) is 11.3 Å². The summed E-state index contributed by atoms with van der Waals surface area (Å²) >= 11 is 3.50. The number of hydrogen-bond donors (Lipinski definition) is 1. The van der Waals surface area contributed by atoms with Gasteiger partial charge < -0.3 is 5.32 Å². The Morgan fingerprint density at radius 1 is 1.30 bits per heavy atom. The summed E-state index contributed by atoms with van der Waals surface area (Å²) in [5.41, 5.74) is 2.13. The number of nitrogens with zero attached hydrogens (tertiary/aromatic N) is 1. The molecule has 2 rings (SSSR count). The highest BCUT2D eigenvalue weighted by atomic mass is 79.9. The van der Waals surface area contributed by atoms with Crippen molar-refractivity contribution in [2.75, 3.05) is 11.9 Å².